The molecule has 0 heterocycles. The first-order valence-corrected chi connectivity index (χ1v) is 3.04. The minimum atomic E-state index is -0.573. The lowest BCUT2D eigenvalue weighted by molar-refractivity contribution is -0.125. The van der Waals surface area contributed by atoms with Crippen molar-refractivity contribution >= 4 is 11.8 Å². The fourth-order valence-corrected chi connectivity index (χ4v) is 0.369. The second-order valence-electron chi connectivity index (χ2n) is 1.87. The molecule has 0 saturated heterocycles. The van der Waals surface area contributed by atoms with Crippen LogP contribution >= 0.6 is 0 Å². The molecular formula is C5H11N3O3. The van der Waals surface area contributed by atoms with Crippen molar-refractivity contribution in [2.75, 3.05) is 13.2 Å². The number of carbonyl (C=O) groups is 2. The molecule has 0 radical (unpaired) electrons. The van der Waals surface area contributed by atoms with E-state index < -0.39 is 11.8 Å². The van der Waals surface area contributed by atoms with Crippen LogP contribution in [0.5, 0.6) is 0 Å². The maximum atomic E-state index is 10.1. The molecule has 0 atom stereocenters. The van der Waals surface area contributed by atoms with Crippen molar-refractivity contribution in [1.29, 1.82) is 0 Å². The first-order chi connectivity index (χ1) is 5.13. The van der Waals surface area contributed by atoms with Crippen LogP contribution in [0, 0.1) is 0 Å². The molecule has 0 aliphatic carbocycles. The molecule has 0 aromatic rings. The van der Waals surface area contributed by atoms with E-state index >= 15 is 0 Å². The fourth-order valence-electron chi connectivity index (χ4n) is 0.369. The monoisotopic (exact) mass is 161 g/mol. The lowest BCUT2D eigenvalue weighted by Crippen LogP contribution is -2.27. The van der Waals surface area contributed by atoms with Crippen LogP contribution in [-0.4, -0.2) is 25.0 Å². The third-order valence-corrected chi connectivity index (χ3v) is 0.790. The lowest BCUT2D eigenvalue weighted by atomic mass is 10.4. The van der Waals surface area contributed by atoms with E-state index in [1.165, 1.54) is 0 Å². The Hall–Kier alpha value is -1.14. The van der Waals surface area contributed by atoms with Gasteiger partial charge < -0.3 is 11.5 Å². The minimum absolute atomic E-state index is 0.165. The van der Waals surface area contributed by atoms with Crippen LogP contribution in [0.25, 0.3) is 0 Å². The van der Waals surface area contributed by atoms with Crippen LogP contribution in [0.2, 0.25) is 0 Å². The summed E-state index contributed by atoms with van der Waals surface area (Å²) in [6, 6.07) is 0. The van der Waals surface area contributed by atoms with E-state index in [0.717, 1.165) is 0 Å². The van der Waals surface area contributed by atoms with Crippen molar-refractivity contribution < 1.29 is 14.4 Å². The van der Waals surface area contributed by atoms with Gasteiger partial charge in [-0.25, -0.2) is 5.48 Å². The molecule has 6 heteroatoms. The summed E-state index contributed by atoms with van der Waals surface area (Å²) in [6.07, 6.45) is 0.165. The largest absolute Gasteiger partial charge is 0.370 e. The number of primary amides is 2. The average molecular weight is 161 g/mol. The molecule has 0 spiro atoms. The highest BCUT2D eigenvalue weighted by molar-refractivity contribution is 5.75. The van der Waals surface area contributed by atoms with E-state index in [1.54, 1.807) is 0 Å². The number of carbonyl (C=O) groups excluding carboxylic acids is 2. The normalized spacial score (nSPS) is 9.45. The zero-order chi connectivity index (χ0) is 8.69. The topological polar surface area (TPSA) is 107 Å². The Morgan fingerprint density at radius 3 is 2.36 bits per heavy atom. The highest BCUT2D eigenvalue weighted by Gasteiger charge is 1.95. The standard InChI is InChI=1S/C5H11N3O3/c6-4(9)1-2-8-11-3-5(7)10/h8H,1-3H2,(H2,6,9)(H2,7,10). The van der Waals surface area contributed by atoms with Gasteiger partial charge in [0.1, 0.15) is 6.61 Å². The molecule has 2 amide bonds. The lowest BCUT2D eigenvalue weighted by Gasteiger charge is -2.00. The third-order valence-electron chi connectivity index (χ3n) is 0.790. The van der Waals surface area contributed by atoms with Crippen LogP contribution in [0.3, 0.4) is 0 Å². The number of nitrogens with two attached hydrogens (primary N) is 2. The zero-order valence-electron chi connectivity index (χ0n) is 6.00. The number of hydrogen-bond donors (Lipinski definition) is 3. The number of hydroxylamine groups is 1. The number of hydrogen-bond acceptors (Lipinski definition) is 4. The molecule has 0 fully saturated rings. The molecule has 0 saturated carbocycles. The van der Waals surface area contributed by atoms with Crippen molar-refractivity contribution in [3.8, 4) is 0 Å². The van der Waals surface area contributed by atoms with Crippen LogP contribution in [0.4, 0.5) is 0 Å². The molecule has 64 valence electrons. The van der Waals surface area contributed by atoms with Gasteiger partial charge in [0.15, 0.2) is 0 Å². The second kappa shape index (κ2) is 5.63. The smallest absolute Gasteiger partial charge is 0.245 e. The van der Waals surface area contributed by atoms with Gasteiger partial charge in [0, 0.05) is 13.0 Å². The minimum Gasteiger partial charge on any atom is -0.370 e. The molecule has 11 heavy (non-hydrogen) atoms. The van der Waals surface area contributed by atoms with Gasteiger partial charge in [-0.1, -0.05) is 0 Å². The molecule has 0 aliphatic heterocycles. The molecule has 0 aromatic carbocycles. The quantitative estimate of drug-likeness (QED) is 0.305. The van der Waals surface area contributed by atoms with E-state index in [4.69, 9.17) is 11.5 Å². The van der Waals surface area contributed by atoms with Crippen LogP contribution < -0.4 is 16.9 Å². The summed E-state index contributed by atoms with van der Waals surface area (Å²) in [5.41, 5.74) is 11.9. The predicted octanol–water partition coefficient (Wildman–Crippen LogP) is -2.13. The Kier molecular flexibility index (Phi) is 5.05. The average Bonchev–Trinajstić information content (AvgIpc) is 1.85. The molecular weight excluding hydrogens is 150 g/mol. The summed E-state index contributed by atoms with van der Waals surface area (Å²) in [5.74, 6) is -1.00. The van der Waals surface area contributed by atoms with Crippen molar-refractivity contribution in [2.45, 2.75) is 6.42 Å². The highest BCUT2D eigenvalue weighted by atomic mass is 16.6. The number of amides is 2. The first-order valence-electron chi connectivity index (χ1n) is 3.04. The van der Waals surface area contributed by atoms with Crippen molar-refractivity contribution in [3.05, 3.63) is 0 Å². The van der Waals surface area contributed by atoms with Crippen molar-refractivity contribution in [3.63, 3.8) is 0 Å². The van der Waals surface area contributed by atoms with Gasteiger partial charge in [-0.15, -0.1) is 0 Å². The molecule has 0 rings (SSSR count). The van der Waals surface area contributed by atoms with Gasteiger partial charge in [-0.2, -0.15) is 0 Å². The van der Waals surface area contributed by atoms with E-state index in [-0.39, 0.29) is 19.6 Å². The van der Waals surface area contributed by atoms with Gasteiger partial charge in [-0.05, 0) is 0 Å². The molecule has 0 aromatic heterocycles. The highest BCUT2D eigenvalue weighted by Crippen LogP contribution is 1.72. The van der Waals surface area contributed by atoms with E-state index in [2.05, 4.69) is 10.3 Å². The van der Waals surface area contributed by atoms with Gasteiger partial charge in [-0.3, -0.25) is 14.4 Å². The number of nitrogens with one attached hydrogen (secondary N) is 1. The van der Waals surface area contributed by atoms with Crippen molar-refractivity contribution in [1.82, 2.24) is 5.48 Å². The summed E-state index contributed by atoms with van der Waals surface area (Å²) < 4.78 is 0. The first kappa shape index (κ1) is 9.86. The van der Waals surface area contributed by atoms with Gasteiger partial charge in [0.2, 0.25) is 11.8 Å². The van der Waals surface area contributed by atoms with Crippen molar-refractivity contribution in [2.24, 2.45) is 11.5 Å². The molecule has 0 unspecified atom stereocenters. The third kappa shape index (κ3) is 8.86. The summed E-state index contributed by atoms with van der Waals surface area (Å²) in [7, 11) is 0. The maximum Gasteiger partial charge on any atom is 0.245 e. The Labute approximate surface area is 63.8 Å². The maximum absolute atomic E-state index is 10.1. The molecule has 0 aliphatic rings. The summed E-state index contributed by atoms with van der Waals surface area (Å²) in [5, 5.41) is 0. The Bertz CT molecular complexity index is 132. The predicted molar refractivity (Wildman–Crippen MR) is 37.0 cm³/mol. The van der Waals surface area contributed by atoms with E-state index in [0.29, 0.717) is 0 Å². The Balaban J connectivity index is 3.03. The van der Waals surface area contributed by atoms with Crippen LogP contribution in [0.1, 0.15) is 6.42 Å². The van der Waals surface area contributed by atoms with E-state index in [9.17, 15) is 9.59 Å². The van der Waals surface area contributed by atoms with Crippen LogP contribution in [-0.2, 0) is 14.4 Å². The molecule has 0 bridgehead atoms. The summed E-state index contributed by atoms with van der Waals surface area (Å²) in [4.78, 5) is 24.7. The van der Waals surface area contributed by atoms with Gasteiger partial charge in [0.25, 0.3) is 0 Å². The van der Waals surface area contributed by atoms with Crippen LogP contribution in [0.15, 0.2) is 0 Å². The summed E-state index contributed by atoms with van der Waals surface area (Å²) >= 11 is 0. The second-order valence-corrected chi connectivity index (χ2v) is 1.87. The molecule has 5 N–H and O–H groups in total. The SMILES string of the molecule is NC(=O)CCNOCC(N)=O. The summed E-state index contributed by atoms with van der Waals surface area (Å²) in [6.45, 7) is 0.0708. The fraction of sp³-hybridized carbons (Fsp3) is 0.600. The van der Waals surface area contributed by atoms with Gasteiger partial charge in [0.05, 0.1) is 0 Å². The van der Waals surface area contributed by atoms with Gasteiger partial charge >= 0.3 is 0 Å². The number of rotatable bonds is 6. The molecule has 6 nitrogen and oxygen atoms in total. The van der Waals surface area contributed by atoms with E-state index in [1.807, 2.05) is 0 Å². The Morgan fingerprint density at radius 2 is 1.91 bits per heavy atom. The Morgan fingerprint density at radius 1 is 1.27 bits per heavy atom. The zero-order valence-corrected chi connectivity index (χ0v) is 6.00.